The molecule has 3 N–H and O–H groups in total. The maximum absolute atomic E-state index is 6.22. The van der Waals surface area contributed by atoms with E-state index in [-0.39, 0.29) is 6.10 Å². The smallest absolute Gasteiger partial charge is 0.178 e. The first kappa shape index (κ1) is 24.2. The molecule has 0 unspecified atom stereocenters. The van der Waals surface area contributed by atoms with Gasteiger partial charge >= 0.3 is 0 Å². The Morgan fingerprint density at radius 2 is 1.82 bits per heavy atom. The Bertz CT molecular complexity index is 1720. The number of nitrogens with one attached hydrogen (secondary N) is 3. The van der Waals surface area contributed by atoms with Crippen LogP contribution in [0.3, 0.4) is 0 Å². The summed E-state index contributed by atoms with van der Waals surface area (Å²) in [5.74, 6) is 2.14. The van der Waals surface area contributed by atoms with Gasteiger partial charge in [-0.15, -0.1) is 0 Å². The molecule has 6 heterocycles. The number of rotatable bonds is 6. The van der Waals surface area contributed by atoms with Crippen LogP contribution in [0.25, 0.3) is 33.5 Å². The van der Waals surface area contributed by atoms with Gasteiger partial charge in [-0.05, 0) is 61.8 Å². The summed E-state index contributed by atoms with van der Waals surface area (Å²) in [5.41, 5.74) is 10.6. The zero-order valence-electron chi connectivity index (χ0n) is 22.0. The molecule has 0 radical (unpaired) electrons. The molecule has 10 heteroatoms. The second kappa shape index (κ2) is 10.4. The van der Waals surface area contributed by atoms with E-state index in [4.69, 9.17) is 19.4 Å². The van der Waals surface area contributed by atoms with Crippen LogP contribution in [0.5, 0.6) is 11.5 Å². The first-order chi connectivity index (χ1) is 19.7. The van der Waals surface area contributed by atoms with Crippen molar-refractivity contribution >= 4 is 16.9 Å². The number of imidazole rings is 1. The maximum Gasteiger partial charge on any atom is 0.178 e. The number of methoxy groups -OCH3 is 1. The van der Waals surface area contributed by atoms with Crippen molar-refractivity contribution in [3.8, 4) is 33.9 Å². The van der Waals surface area contributed by atoms with Gasteiger partial charge in [0.1, 0.15) is 23.3 Å². The highest BCUT2D eigenvalue weighted by Crippen LogP contribution is 2.30. The molecule has 40 heavy (non-hydrogen) atoms. The van der Waals surface area contributed by atoms with Crippen LogP contribution in [0, 0.1) is 0 Å². The van der Waals surface area contributed by atoms with E-state index in [1.54, 1.807) is 19.5 Å². The Labute approximate surface area is 230 Å². The molecule has 10 nitrogen and oxygen atoms in total. The van der Waals surface area contributed by atoms with Crippen LogP contribution >= 0.6 is 0 Å². The summed E-state index contributed by atoms with van der Waals surface area (Å²) in [6.07, 6.45) is 7.51. The second-order valence-electron chi connectivity index (χ2n) is 9.85. The molecule has 0 aliphatic carbocycles. The number of ether oxygens (including phenoxy) is 2. The first-order valence-corrected chi connectivity index (χ1v) is 13.4. The van der Waals surface area contributed by atoms with Gasteiger partial charge in [-0.3, -0.25) is 4.98 Å². The Hall–Kier alpha value is -4.83. The zero-order chi connectivity index (χ0) is 26.9. The minimum atomic E-state index is 0.197. The van der Waals surface area contributed by atoms with Gasteiger partial charge in [-0.25, -0.2) is 15.0 Å². The fourth-order valence-electron chi connectivity index (χ4n) is 5.20. The number of pyridine rings is 3. The van der Waals surface area contributed by atoms with Crippen LogP contribution in [0.1, 0.15) is 29.9 Å². The fourth-order valence-corrected chi connectivity index (χ4v) is 5.20. The molecule has 0 amide bonds. The predicted octanol–water partition coefficient (Wildman–Crippen LogP) is 4.08. The average molecular weight is 533 g/mol. The van der Waals surface area contributed by atoms with Gasteiger partial charge in [0, 0.05) is 29.1 Å². The zero-order valence-corrected chi connectivity index (χ0v) is 22.0. The van der Waals surface area contributed by atoms with Crippen LogP contribution in [0.15, 0.2) is 72.2 Å². The van der Waals surface area contributed by atoms with Crippen molar-refractivity contribution in [1.29, 1.82) is 0 Å². The third kappa shape index (κ3) is 4.62. The van der Waals surface area contributed by atoms with E-state index in [0.717, 1.165) is 76.6 Å². The number of hydrazone groups is 1. The van der Waals surface area contributed by atoms with Crippen molar-refractivity contribution in [1.82, 2.24) is 35.7 Å². The van der Waals surface area contributed by atoms with Gasteiger partial charge in [-0.1, -0.05) is 18.2 Å². The molecule has 0 saturated carbocycles. The lowest BCUT2D eigenvalue weighted by atomic mass is 10.0. The Balaban J connectivity index is 1.23. The number of nitrogens with zero attached hydrogens (tertiary/aromatic N) is 5. The first-order valence-electron chi connectivity index (χ1n) is 13.4. The van der Waals surface area contributed by atoms with Crippen LogP contribution in [-0.2, 0) is 6.54 Å². The van der Waals surface area contributed by atoms with E-state index in [0.29, 0.717) is 23.7 Å². The summed E-state index contributed by atoms with van der Waals surface area (Å²) in [6.45, 7) is 2.52. The van der Waals surface area contributed by atoms with Crippen LogP contribution in [-0.4, -0.2) is 56.9 Å². The molecular weight excluding hydrogens is 504 g/mol. The number of aromatic amines is 1. The molecule has 5 aromatic rings. The van der Waals surface area contributed by atoms with Gasteiger partial charge < -0.3 is 25.2 Å². The topological polar surface area (TPSA) is 122 Å². The molecule has 2 aliphatic heterocycles. The van der Waals surface area contributed by atoms with Crippen molar-refractivity contribution in [3.63, 3.8) is 0 Å². The third-order valence-electron chi connectivity index (χ3n) is 7.26. The summed E-state index contributed by atoms with van der Waals surface area (Å²) in [4.78, 5) is 22.2. The molecule has 1 saturated heterocycles. The summed E-state index contributed by atoms with van der Waals surface area (Å²) < 4.78 is 11.7. The summed E-state index contributed by atoms with van der Waals surface area (Å²) in [6, 6.07) is 16.0. The summed E-state index contributed by atoms with van der Waals surface area (Å²) >= 11 is 0. The van der Waals surface area contributed by atoms with Crippen molar-refractivity contribution in [2.24, 2.45) is 5.10 Å². The summed E-state index contributed by atoms with van der Waals surface area (Å²) in [7, 11) is 1.66. The third-order valence-corrected chi connectivity index (χ3v) is 7.26. The second-order valence-corrected chi connectivity index (χ2v) is 9.85. The van der Waals surface area contributed by atoms with Crippen molar-refractivity contribution < 1.29 is 9.47 Å². The van der Waals surface area contributed by atoms with Gasteiger partial charge in [0.15, 0.2) is 17.2 Å². The molecule has 1 aromatic carbocycles. The molecule has 4 aromatic heterocycles. The molecule has 0 bridgehead atoms. The van der Waals surface area contributed by atoms with E-state index in [9.17, 15) is 0 Å². The number of benzene rings is 1. The average Bonchev–Trinajstić information content (AvgIpc) is 3.46. The van der Waals surface area contributed by atoms with Gasteiger partial charge in [0.05, 0.1) is 31.1 Å². The lowest BCUT2D eigenvalue weighted by Gasteiger charge is -2.23. The highest BCUT2D eigenvalue weighted by molar-refractivity contribution is 6.12. The Morgan fingerprint density at radius 1 is 0.925 bits per heavy atom. The Kier molecular flexibility index (Phi) is 6.29. The molecule has 2 aliphatic rings. The SMILES string of the molecule is COc1cccc(-c2ccnc3nc(C4=NNCc5ccc(-c6cncc(OC7CCNCC7)c6)nc54)[nH]c23)c1. The minimum absolute atomic E-state index is 0.197. The van der Waals surface area contributed by atoms with Gasteiger partial charge in [0.2, 0.25) is 0 Å². The fraction of sp³-hybridized carbons (Fsp3) is 0.233. The molecular formula is C30H28N8O2. The maximum atomic E-state index is 6.22. The van der Waals surface area contributed by atoms with E-state index in [2.05, 4.69) is 36.9 Å². The Morgan fingerprint density at radius 3 is 2.73 bits per heavy atom. The highest BCUT2D eigenvalue weighted by Gasteiger charge is 2.23. The van der Waals surface area contributed by atoms with Gasteiger partial charge in [0.25, 0.3) is 0 Å². The minimum Gasteiger partial charge on any atom is -0.497 e. The van der Waals surface area contributed by atoms with Crippen LogP contribution < -0.4 is 20.2 Å². The number of hydrogen-bond donors (Lipinski definition) is 3. The molecule has 0 spiro atoms. The van der Waals surface area contributed by atoms with E-state index in [1.807, 2.05) is 48.7 Å². The van der Waals surface area contributed by atoms with E-state index in [1.165, 1.54) is 0 Å². The standard InChI is InChI=1S/C30H28N8O2/c1-39-22-4-2-3-18(13-22)24-9-12-33-29-27(24)36-30(37-29)28-26-19(16-34-38-28)5-6-25(35-26)20-14-23(17-32-15-20)40-21-7-10-31-11-8-21/h2-6,9,12-15,17,21,31,34H,7-8,10-11,16H2,1H3,(H,33,36,37). The molecule has 0 atom stereocenters. The highest BCUT2D eigenvalue weighted by atomic mass is 16.5. The lowest BCUT2D eigenvalue weighted by molar-refractivity contribution is 0.162. The van der Waals surface area contributed by atoms with Crippen molar-refractivity contribution in [2.45, 2.75) is 25.5 Å². The predicted molar refractivity (Wildman–Crippen MR) is 152 cm³/mol. The molecule has 1 fully saturated rings. The molecule has 7 rings (SSSR count). The van der Waals surface area contributed by atoms with Gasteiger partial charge in [-0.2, -0.15) is 5.10 Å². The van der Waals surface area contributed by atoms with Crippen molar-refractivity contribution in [2.75, 3.05) is 20.2 Å². The quantitative estimate of drug-likeness (QED) is 0.299. The normalized spacial score (nSPS) is 15.3. The van der Waals surface area contributed by atoms with E-state index < -0.39 is 0 Å². The number of fused-ring (bicyclic) bond motifs is 2. The van der Waals surface area contributed by atoms with Crippen molar-refractivity contribution in [3.05, 3.63) is 84.2 Å². The molecule has 200 valence electrons. The lowest BCUT2D eigenvalue weighted by Crippen LogP contribution is -2.34. The largest absolute Gasteiger partial charge is 0.497 e. The number of aromatic nitrogens is 5. The van der Waals surface area contributed by atoms with E-state index >= 15 is 0 Å². The number of H-pyrrole nitrogens is 1. The summed E-state index contributed by atoms with van der Waals surface area (Å²) in [5, 5.41) is 7.98. The number of piperidine rings is 1. The van der Waals surface area contributed by atoms with Crippen LogP contribution in [0.2, 0.25) is 0 Å². The number of hydrogen-bond acceptors (Lipinski definition) is 9. The van der Waals surface area contributed by atoms with Crippen LogP contribution in [0.4, 0.5) is 0 Å². The monoisotopic (exact) mass is 532 g/mol.